The Morgan fingerprint density at radius 3 is 2.50 bits per heavy atom. The molecule has 0 spiro atoms. The van der Waals surface area contributed by atoms with Crippen LogP contribution in [0.2, 0.25) is 0 Å². The van der Waals surface area contributed by atoms with Gasteiger partial charge < -0.3 is 14.4 Å². The van der Waals surface area contributed by atoms with E-state index in [1.54, 1.807) is 11.0 Å². The highest BCUT2D eigenvalue weighted by Crippen LogP contribution is 2.19. The molecule has 1 amide bonds. The Bertz CT molecular complexity index is 743. The van der Waals surface area contributed by atoms with Gasteiger partial charge in [0.2, 0.25) is 0 Å². The molecule has 0 aliphatic carbocycles. The molecule has 0 N–H and O–H groups in total. The first-order chi connectivity index (χ1) is 11.5. The van der Waals surface area contributed by atoms with Gasteiger partial charge in [-0.2, -0.15) is 0 Å². The van der Waals surface area contributed by atoms with E-state index >= 15 is 0 Å². The van der Waals surface area contributed by atoms with Crippen LogP contribution in [-0.2, 0) is 14.3 Å². The van der Waals surface area contributed by atoms with Gasteiger partial charge in [0.05, 0.1) is 17.8 Å². The van der Waals surface area contributed by atoms with E-state index in [0.29, 0.717) is 18.7 Å². The van der Waals surface area contributed by atoms with Crippen molar-refractivity contribution in [1.29, 1.82) is 0 Å². The highest BCUT2D eigenvalue weighted by Gasteiger charge is 2.26. The molecule has 0 radical (unpaired) electrons. The van der Waals surface area contributed by atoms with E-state index < -0.39 is 5.97 Å². The van der Waals surface area contributed by atoms with Gasteiger partial charge in [0.25, 0.3) is 5.91 Å². The molecule has 2 aromatic carbocycles. The van der Waals surface area contributed by atoms with Crippen molar-refractivity contribution in [2.45, 2.75) is 26.1 Å². The van der Waals surface area contributed by atoms with Crippen LogP contribution in [0.15, 0.2) is 42.5 Å². The van der Waals surface area contributed by atoms with Crippen LogP contribution in [0.5, 0.6) is 0 Å². The first kappa shape index (κ1) is 16.5. The van der Waals surface area contributed by atoms with Crippen LogP contribution in [0.3, 0.4) is 0 Å². The summed E-state index contributed by atoms with van der Waals surface area (Å²) in [6.45, 7) is 4.65. The second kappa shape index (κ2) is 7.01. The van der Waals surface area contributed by atoms with Crippen LogP contribution in [0.4, 0.5) is 0 Å². The molecule has 0 bridgehead atoms. The highest BCUT2D eigenvalue weighted by molar-refractivity contribution is 6.04. The molecule has 1 aliphatic rings. The van der Waals surface area contributed by atoms with E-state index in [1.807, 2.05) is 50.2 Å². The number of nitrogens with zero attached hydrogens (tertiary/aromatic N) is 1. The molecule has 3 rings (SSSR count). The molecule has 0 saturated carbocycles. The van der Waals surface area contributed by atoms with E-state index in [-0.39, 0.29) is 24.7 Å². The quantitative estimate of drug-likeness (QED) is 0.813. The van der Waals surface area contributed by atoms with Gasteiger partial charge in [-0.3, -0.25) is 4.79 Å². The number of benzene rings is 2. The lowest BCUT2D eigenvalue weighted by Crippen LogP contribution is -2.49. The second-order valence-electron chi connectivity index (χ2n) is 6.16. The number of hydrogen-bond acceptors (Lipinski definition) is 4. The van der Waals surface area contributed by atoms with Crippen molar-refractivity contribution in [3.63, 3.8) is 0 Å². The highest BCUT2D eigenvalue weighted by atomic mass is 16.5. The summed E-state index contributed by atoms with van der Waals surface area (Å²) >= 11 is 0. The SMILES string of the molecule is CC1CN(C(=O)COC(=O)c2cccc3ccccc23)CC(C)O1. The lowest BCUT2D eigenvalue weighted by atomic mass is 10.1. The van der Waals surface area contributed by atoms with E-state index in [0.717, 1.165) is 10.8 Å². The molecule has 2 unspecified atom stereocenters. The Morgan fingerprint density at radius 1 is 1.08 bits per heavy atom. The van der Waals surface area contributed by atoms with Gasteiger partial charge in [-0.1, -0.05) is 36.4 Å². The van der Waals surface area contributed by atoms with Gasteiger partial charge in [-0.15, -0.1) is 0 Å². The Hall–Kier alpha value is -2.40. The summed E-state index contributed by atoms with van der Waals surface area (Å²) in [5.74, 6) is -0.667. The van der Waals surface area contributed by atoms with Crippen molar-refractivity contribution in [3.8, 4) is 0 Å². The molecule has 1 aliphatic heterocycles. The first-order valence-corrected chi connectivity index (χ1v) is 8.12. The Balaban J connectivity index is 1.65. The minimum atomic E-state index is -0.477. The number of carbonyl (C=O) groups excluding carboxylic acids is 2. The fourth-order valence-electron chi connectivity index (χ4n) is 3.08. The predicted octanol–water partition coefficient (Wildman–Crippen LogP) is 2.63. The minimum Gasteiger partial charge on any atom is -0.452 e. The average Bonchev–Trinajstić information content (AvgIpc) is 2.58. The van der Waals surface area contributed by atoms with Gasteiger partial charge in [0.15, 0.2) is 6.61 Å². The van der Waals surface area contributed by atoms with Crippen LogP contribution < -0.4 is 0 Å². The summed E-state index contributed by atoms with van der Waals surface area (Å²) < 4.78 is 10.9. The van der Waals surface area contributed by atoms with Crippen molar-refractivity contribution in [2.24, 2.45) is 0 Å². The van der Waals surface area contributed by atoms with Crippen LogP contribution in [0.25, 0.3) is 10.8 Å². The topological polar surface area (TPSA) is 55.8 Å². The van der Waals surface area contributed by atoms with Gasteiger partial charge in [0, 0.05) is 13.1 Å². The van der Waals surface area contributed by atoms with E-state index in [4.69, 9.17) is 9.47 Å². The number of ether oxygens (including phenoxy) is 2. The molecule has 1 fully saturated rings. The zero-order chi connectivity index (χ0) is 17.1. The second-order valence-corrected chi connectivity index (χ2v) is 6.16. The van der Waals surface area contributed by atoms with Gasteiger partial charge in [0.1, 0.15) is 0 Å². The van der Waals surface area contributed by atoms with Crippen LogP contribution >= 0.6 is 0 Å². The van der Waals surface area contributed by atoms with Gasteiger partial charge in [-0.25, -0.2) is 4.79 Å². The molecule has 1 heterocycles. The summed E-state index contributed by atoms with van der Waals surface area (Å²) in [4.78, 5) is 26.3. The fraction of sp³-hybridized carbons (Fsp3) is 0.368. The van der Waals surface area contributed by atoms with Crippen molar-refractivity contribution in [1.82, 2.24) is 4.90 Å². The Morgan fingerprint density at radius 2 is 1.75 bits per heavy atom. The van der Waals surface area contributed by atoms with E-state index in [1.165, 1.54) is 0 Å². The molecule has 1 saturated heterocycles. The van der Waals surface area contributed by atoms with Crippen molar-refractivity contribution >= 4 is 22.6 Å². The van der Waals surface area contributed by atoms with Crippen LogP contribution in [0, 0.1) is 0 Å². The predicted molar refractivity (Wildman–Crippen MR) is 90.8 cm³/mol. The number of amides is 1. The van der Waals surface area contributed by atoms with Crippen molar-refractivity contribution in [3.05, 3.63) is 48.0 Å². The maximum absolute atomic E-state index is 12.4. The number of rotatable bonds is 3. The smallest absolute Gasteiger partial charge is 0.339 e. The molecular formula is C19H21NO4. The van der Waals surface area contributed by atoms with Gasteiger partial charge >= 0.3 is 5.97 Å². The molecule has 2 atom stereocenters. The number of carbonyl (C=O) groups is 2. The molecule has 0 aromatic heterocycles. The summed E-state index contributed by atoms with van der Waals surface area (Å²) in [5, 5.41) is 1.79. The zero-order valence-corrected chi connectivity index (χ0v) is 13.9. The molecule has 2 aromatic rings. The number of fused-ring (bicyclic) bond motifs is 1. The normalized spacial score (nSPS) is 20.8. The molecule has 5 nitrogen and oxygen atoms in total. The minimum absolute atomic E-state index is 0.00790. The Labute approximate surface area is 141 Å². The third kappa shape index (κ3) is 3.57. The number of hydrogen-bond donors (Lipinski definition) is 0. The number of esters is 1. The molecule has 5 heteroatoms. The van der Waals surface area contributed by atoms with Crippen molar-refractivity contribution in [2.75, 3.05) is 19.7 Å². The van der Waals surface area contributed by atoms with Crippen LogP contribution in [-0.4, -0.2) is 48.7 Å². The van der Waals surface area contributed by atoms with Crippen molar-refractivity contribution < 1.29 is 19.1 Å². The number of morpholine rings is 1. The molecule has 126 valence electrons. The Kier molecular flexibility index (Phi) is 4.81. The maximum Gasteiger partial charge on any atom is 0.339 e. The first-order valence-electron chi connectivity index (χ1n) is 8.12. The third-order valence-electron chi connectivity index (χ3n) is 4.11. The van der Waals surface area contributed by atoms with E-state index in [2.05, 4.69) is 0 Å². The molecule has 24 heavy (non-hydrogen) atoms. The maximum atomic E-state index is 12.4. The lowest BCUT2D eigenvalue weighted by Gasteiger charge is -2.35. The summed E-state index contributed by atoms with van der Waals surface area (Å²) in [5.41, 5.74) is 0.476. The summed E-state index contributed by atoms with van der Waals surface area (Å²) in [7, 11) is 0. The third-order valence-corrected chi connectivity index (χ3v) is 4.11. The summed E-state index contributed by atoms with van der Waals surface area (Å²) in [6, 6.07) is 13.1. The monoisotopic (exact) mass is 327 g/mol. The lowest BCUT2D eigenvalue weighted by molar-refractivity contribution is -0.146. The summed E-state index contributed by atoms with van der Waals surface area (Å²) in [6.07, 6.45) is -0.0158. The fourth-order valence-corrected chi connectivity index (χ4v) is 3.08. The van der Waals surface area contributed by atoms with Gasteiger partial charge in [-0.05, 0) is 30.7 Å². The van der Waals surface area contributed by atoms with E-state index in [9.17, 15) is 9.59 Å². The standard InChI is InChI=1S/C19H21NO4/c1-13-10-20(11-14(2)24-13)18(21)12-23-19(22)17-9-5-7-15-6-3-4-8-16(15)17/h3-9,13-14H,10-12H2,1-2H3. The van der Waals surface area contributed by atoms with Crippen LogP contribution in [0.1, 0.15) is 24.2 Å². The average molecular weight is 327 g/mol. The largest absolute Gasteiger partial charge is 0.452 e. The zero-order valence-electron chi connectivity index (χ0n) is 13.9. The molecular weight excluding hydrogens is 306 g/mol.